The number of hydrogen-bond acceptors (Lipinski definition) is 4. The molecule has 5 nitrogen and oxygen atoms in total. The van der Waals surface area contributed by atoms with E-state index in [1.54, 1.807) is 30.3 Å². The highest BCUT2D eigenvalue weighted by molar-refractivity contribution is 6.02. The first-order chi connectivity index (χ1) is 12.5. The minimum absolute atomic E-state index is 0.105. The first kappa shape index (κ1) is 19.2. The van der Waals surface area contributed by atoms with Crippen LogP contribution in [0.4, 0.5) is 14.5 Å². The number of rotatable bonds is 8. The number of nitrogens with one attached hydrogen (secondary N) is 1. The largest absolute Gasteiger partial charge is 0.493 e. The Kier molecular flexibility index (Phi) is 6.96. The van der Waals surface area contributed by atoms with Crippen LogP contribution < -0.4 is 19.5 Å². The molecule has 1 amide bonds. The van der Waals surface area contributed by atoms with E-state index in [1.165, 1.54) is 31.4 Å². The van der Waals surface area contributed by atoms with Crippen molar-refractivity contribution in [1.29, 1.82) is 0 Å². The summed E-state index contributed by atoms with van der Waals surface area (Å²) in [5.41, 5.74) is 0.879. The number of carbonyl (C=O) groups is 1. The van der Waals surface area contributed by atoms with Gasteiger partial charge in [0.1, 0.15) is 5.75 Å². The SMILES string of the molecule is CCOc1ccc(C=CC(=O)Nc2ccccc2OC(F)F)cc1OC. The van der Waals surface area contributed by atoms with E-state index in [-0.39, 0.29) is 11.4 Å². The summed E-state index contributed by atoms with van der Waals surface area (Å²) in [4.78, 5) is 12.1. The summed E-state index contributed by atoms with van der Waals surface area (Å²) in [5.74, 6) is 0.565. The molecule has 2 aromatic carbocycles. The Morgan fingerprint density at radius 2 is 1.92 bits per heavy atom. The van der Waals surface area contributed by atoms with Gasteiger partial charge < -0.3 is 19.5 Å². The van der Waals surface area contributed by atoms with Gasteiger partial charge in [-0.05, 0) is 42.8 Å². The number of amides is 1. The fraction of sp³-hybridized carbons (Fsp3) is 0.211. The van der Waals surface area contributed by atoms with Crippen LogP contribution in [-0.2, 0) is 4.79 Å². The molecule has 0 heterocycles. The quantitative estimate of drug-likeness (QED) is 0.709. The Morgan fingerprint density at radius 3 is 2.62 bits per heavy atom. The minimum atomic E-state index is -2.97. The molecule has 0 aliphatic heterocycles. The maximum Gasteiger partial charge on any atom is 0.387 e. The van der Waals surface area contributed by atoms with Crippen LogP contribution in [-0.4, -0.2) is 26.2 Å². The van der Waals surface area contributed by atoms with Crippen LogP contribution >= 0.6 is 0 Å². The van der Waals surface area contributed by atoms with Gasteiger partial charge in [0.05, 0.1) is 19.4 Å². The summed E-state index contributed by atoms with van der Waals surface area (Å²) in [6.45, 7) is -0.596. The van der Waals surface area contributed by atoms with E-state index >= 15 is 0 Å². The van der Waals surface area contributed by atoms with Crippen LogP contribution in [0.25, 0.3) is 6.08 Å². The molecular weight excluding hydrogens is 344 g/mol. The van der Waals surface area contributed by atoms with Crippen LogP contribution in [0.3, 0.4) is 0 Å². The van der Waals surface area contributed by atoms with Crippen molar-refractivity contribution in [3.8, 4) is 17.2 Å². The van der Waals surface area contributed by atoms with E-state index in [0.717, 1.165) is 5.56 Å². The standard InChI is InChI=1S/C19H19F2NO4/c1-3-25-16-10-8-13(12-17(16)24-2)9-11-18(23)22-14-6-4-5-7-15(14)26-19(20)21/h4-12,19H,3H2,1-2H3,(H,22,23). The van der Waals surface area contributed by atoms with Crippen molar-refractivity contribution in [1.82, 2.24) is 0 Å². The lowest BCUT2D eigenvalue weighted by atomic mass is 10.2. The lowest BCUT2D eigenvalue weighted by molar-refractivity contribution is -0.111. The highest BCUT2D eigenvalue weighted by atomic mass is 19.3. The number of anilines is 1. The molecule has 1 N–H and O–H groups in total. The van der Waals surface area contributed by atoms with Gasteiger partial charge in [0.2, 0.25) is 5.91 Å². The van der Waals surface area contributed by atoms with Gasteiger partial charge in [-0.2, -0.15) is 8.78 Å². The zero-order chi connectivity index (χ0) is 18.9. The van der Waals surface area contributed by atoms with Gasteiger partial charge in [0, 0.05) is 6.08 Å². The smallest absolute Gasteiger partial charge is 0.387 e. The topological polar surface area (TPSA) is 56.8 Å². The van der Waals surface area contributed by atoms with Gasteiger partial charge in [-0.15, -0.1) is 0 Å². The fourth-order valence-corrected chi connectivity index (χ4v) is 2.18. The maximum atomic E-state index is 12.4. The molecule has 0 radical (unpaired) electrons. The molecule has 0 fully saturated rings. The van der Waals surface area contributed by atoms with Crippen molar-refractivity contribution < 1.29 is 27.8 Å². The second-order valence-electron chi connectivity index (χ2n) is 5.04. The minimum Gasteiger partial charge on any atom is -0.493 e. The molecule has 0 aromatic heterocycles. The number of alkyl halides is 2. The van der Waals surface area contributed by atoms with Gasteiger partial charge in [-0.1, -0.05) is 18.2 Å². The van der Waals surface area contributed by atoms with Gasteiger partial charge in [-0.3, -0.25) is 4.79 Å². The van der Waals surface area contributed by atoms with Crippen molar-refractivity contribution in [2.45, 2.75) is 13.5 Å². The number of methoxy groups -OCH3 is 1. The normalized spacial score (nSPS) is 10.8. The molecule has 26 heavy (non-hydrogen) atoms. The number of carbonyl (C=O) groups excluding carboxylic acids is 1. The van der Waals surface area contributed by atoms with Gasteiger partial charge in [0.15, 0.2) is 11.5 Å². The molecule has 0 saturated heterocycles. The Bertz CT molecular complexity index is 778. The number of para-hydroxylation sites is 2. The zero-order valence-electron chi connectivity index (χ0n) is 14.4. The molecule has 0 saturated carbocycles. The zero-order valence-corrected chi connectivity index (χ0v) is 14.4. The molecule has 0 atom stereocenters. The Labute approximate surface area is 150 Å². The molecule has 0 bridgehead atoms. The molecule has 2 aromatic rings. The van der Waals surface area contributed by atoms with Crippen molar-refractivity contribution in [2.75, 3.05) is 19.0 Å². The maximum absolute atomic E-state index is 12.4. The fourth-order valence-electron chi connectivity index (χ4n) is 2.18. The summed E-state index contributed by atoms with van der Waals surface area (Å²) >= 11 is 0. The molecule has 2 rings (SSSR count). The van der Waals surface area contributed by atoms with Crippen molar-refractivity contribution in [3.63, 3.8) is 0 Å². The summed E-state index contributed by atoms with van der Waals surface area (Å²) < 4.78 is 39.8. The molecular formula is C19H19F2NO4. The van der Waals surface area contributed by atoms with Crippen molar-refractivity contribution in [2.24, 2.45) is 0 Å². The van der Waals surface area contributed by atoms with Crippen molar-refractivity contribution in [3.05, 3.63) is 54.1 Å². The first-order valence-corrected chi connectivity index (χ1v) is 7.87. The summed E-state index contributed by atoms with van der Waals surface area (Å²) in [6.07, 6.45) is 2.86. The van der Waals surface area contributed by atoms with Gasteiger partial charge in [0.25, 0.3) is 0 Å². The molecule has 7 heteroatoms. The Morgan fingerprint density at radius 1 is 1.15 bits per heavy atom. The predicted molar refractivity (Wildman–Crippen MR) is 94.9 cm³/mol. The molecule has 0 aliphatic rings. The summed E-state index contributed by atoms with van der Waals surface area (Å²) in [5, 5.41) is 2.51. The lowest BCUT2D eigenvalue weighted by Crippen LogP contribution is -2.11. The summed E-state index contributed by atoms with van der Waals surface area (Å²) in [6, 6.07) is 11.2. The van der Waals surface area contributed by atoms with Crippen LogP contribution in [0.2, 0.25) is 0 Å². The number of benzene rings is 2. The lowest BCUT2D eigenvalue weighted by Gasteiger charge is -2.10. The third-order valence-electron chi connectivity index (χ3n) is 3.28. The molecule has 0 aliphatic carbocycles. The highest BCUT2D eigenvalue weighted by Gasteiger charge is 2.10. The molecule has 138 valence electrons. The number of ether oxygens (including phenoxy) is 3. The predicted octanol–water partition coefficient (Wildman–Crippen LogP) is 4.35. The Hall–Kier alpha value is -3.09. The van der Waals surface area contributed by atoms with Gasteiger partial charge >= 0.3 is 6.61 Å². The van der Waals surface area contributed by atoms with Crippen LogP contribution in [0.1, 0.15) is 12.5 Å². The van der Waals surface area contributed by atoms with Crippen LogP contribution in [0, 0.1) is 0 Å². The van der Waals surface area contributed by atoms with Crippen LogP contribution in [0.5, 0.6) is 17.2 Å². The van der Waals surface area contributed by atoms with E-state index in [9.17, 15) is 13.6 Å². The van der Waals surface area contributed by atoms with E-state index in [1.807, 2.05) is 6.92 Å². The number of halogens is 2. The molecule has 0 unspecified atom stereocenters. The third-order valence-corrected chi connectivity index (χ3v) is 3.28. The monoisotopic (exact) mass is 363 g/mol. The van der Waals surface area contributed by atoms with E-state index in [0.29, 0.717) is 18.1 Å². The average molecular weight is 363 g/mol. The second-order valence-corrected chi connectivity index (χ2v) is 5.04. The van der Waals surface area contributed by atoms with E-state index < -0.39 is 12.5 Å². The van der Waals surface area contributed by atoms with Crippen LogP contribution in [0.15, 0.2) is 48.5 Å². The van der Waals surface area contributed by atoms with E-state index in [4.69, 9.17) is 9.47 Å². The van der Waals surface area contributed by atoms with Crippen molar-refractivity contribution >= 4 is 17.7 Å². The first-order valence-electron chi connectivity index (χ1n) is 7.87. The molecule has 0 spiro atoms. The highest BCUT2D eigenvalue weighted by Crippen LogP contribution is 2.29. The van der Waals surface area contributed by atoms with Gasteiger partial charge in [-0.25, -0.2) is 0 Å². The third kappa shape index (κ3) is 5.47. The summed E-state index contributed by atoms with van der Waals surface area (Å²) in [7, 11) is 1.53. The van der Waals surface area contributed by atoms with E-state index in [2.05, 4.69) is 10.1 Å². The average Bonchev–Trinajstić information content (AvgIpc) is 2.62. The Balaban J connectivity index is 2.08. The second kappa shape index (κ2) is 9.41. The number of hydrogen-bond donors (Lipinski definition) is 1.